The highest BCUT2D eigenvalue weighted by Crippen LogP contribution is 2.54. The lowest BCUT2D eigenvalue weighted by Gasteiger charge is -2.33. The zero-order chi connectivity index (χ0) is 40.6. The summed E-state index contributed by atoms with van der Waals surface area (Å²) in [5.74, 6) is 13.1. The third-order valence-electron chi connectivity index (χ3n) is 11.5. The second-order valence-corrected chi connectivity index (χ2v) is 15.8. The smallest absolute Gasteiger partial charge is 0.286 e. The predicted octanol–water partition coefficient (Wildman–Crippen LogP) is 9.55. The summed E-state index contributed by atoms with van der Waals surface area (Å²) < 4.78 is 3.19. The maximum absolute atomic E-state index is 12.9. The molecule has 0 saturated heterocycles. The molecule has 1 aliphatic rings. The van der Waals surface area contributed by atoms with Gasteiger partial charge in [0, 0.05) is 41.8 Å². The van der Waals surface area contributed by atoms with Crippen molar-refractivity contribution in [2.24, 2.45) is 0 Å². The highest BCUT2D eigenvalue weighted by Gasteiger charge is 2.42. The molecule has 0 bridgehead atoms. The van der Waals surface area contributed by atoms with Gasteiger partial charge in [0.15, 0.2) is 0 Å². The van der Waals surface area contributed by atoms with Crippen LogP contribution < -0.4 is 22.5 Å². The number of unbranched alkanes of at least 4 members (excludes halogenated alkanes) is 12. The maximum Gasteiger partial charge on any atom is 0.329 e. The van der Waals surface area contributed by atoms with Crippen LogP contribution in [0.15, 0.2) is 67.7 Å². The molecule has 2 N–H and O–H groups in total. The van der Waals surface area contributed by atoms with Gasteiger partial charge in [0.25, 0.3) is 11.1 Å². The van der Waals surface area contributed by atoms with Crippen molar-refractivity contribution in [3.05, 3.63) is 124 Å². The van der Waals surface area contributed by atoms with Crippen LogP contribution in [0.3, 0.4) is 0 Å². The van der Waals surface area contributed by atoms with Crippen LogP contribution in [0.1, 0.15) is 177 Å². The lowest BCUT2D eigenvalue weighted by Crippen LogP contribution is -2.31. The van der Waals surface area contributed by atoms with E-state index in [1.807, 2.05) is 0 Å². The average Bonchev–Trinajstić information content (AvgIpc) is 3.46. The Labute approximate surface area is 338 Å². The molecule has 4 aromatic rings. The van der Waals surface area contributed by atoms with Gasteiger partial charge in [-0.25, -0.2) is 9.59 Å². The second-order valence-electron chi connectivity index (χ2n) is 15.8. The number of H-pyrrole nitrogens is 2. The second kappa shape index (κ2) is 21.4. The molecule has 0 saturated carbocycles. The van der Waals surface area contributed by atoms with Crippen LogP contribution in [0.4, 0.5) is 0 Å². The molecule has 0 aliphatic heterocycles. The van der Waals surface area contributed by atoms with Crippen molar-refractivity contribution in [2.45, 2.75) is 162 Å². The first-order valence-corrected chi connectivity index (χ1v) is 21.8. The van der Waals surface area contributed by atoms with Crippen molar-refractivity contribution >= 4 is 0 Å². The van der Waals surface area contributed by atoms with Crippen molar-refractivity contribution < 1.29 is 0 Å². The van der Waals surface area contributed by atoms with Gasteiger partial charge in [-0.1, -0.05) is 142 Å². The Bertz CT molecular complexity index is 2170. The molecule has 8 heteroatoms. The summed E-state index contributed by atoms with van der Waals surface area (Å²) in [6.45, 7) is 9.83. The van der Waals surface area contributed by atoms with Gasteiger partial charge < -0.3 is 0 Å². The zero-order valence-electron chi connectivity index (χ0n) is 34.8. The molecule has 2 aromatic heterocycles. The molecule has 2 heterocycles. The molecule has 0 unspecified atom stereocenters. The van der Waals surface area contributed by atoms with Gasteiger partial charge in [0.05, 0.1) is 0 Å². The Morgan fingerprint density at radius 2 is 0.860 bits per heavy atom. The summed E-state index contributed by atoms with van der Waals surface area (Å²) in [5, 5.41) is 0. The Morgan fingerprint density at radius 3 is 1.25 bits per heavy atom. The van der Waals surface area contributed by atoms with Gasteiger partial charge in [-0.15, -0.1) is 0 Å². The molecular formula is C49H62N4O4. The largest absolute Gasteiger partial charge is 0.329 e. The predicted molar refractivity (Wildman–Crippen MR) is 233 cm³/mol. The minimum Gasteiger partial charge on any atom is -0.286 e. The Balaban J connectivity index is 1.59. The highest BCUT2D eigenvalue weighted by molar-refractivity contribution is 5.82. The van der Waals surface area contributed by atoms with E-state index < -0.39 is 22.5 Å². The Kier molecular flexibility index (Phi) is 16.2. The number of hydrogen-bond donors (Lipinski definition) is 2. The normalized spacial score (nSPS) is 12.4. The lowest BCUT2D eigenvalue weighted by atomic mass is 9.70. The summed E-state index contributed by atoms with van der Waals surface area (Å²) in [6.07, 6.45) is 19.3. The van der Waals surface area contributed by atoms with Gasteiger partial charge in [-0.2, -0.15) is 0 Å². The minimum atomic E-state index is -0.440. The maximum atomic E-state index is 12.9. The van der Waals surface area contributed by atoms with E-state index in [1.165, 1.54) is 47.2 Å². The number of aromatic nitrogens is 4. The quantitative estimate of drug-likeness (QED) is 0.0689. The molecule has 0 amide bonds. The van der Waals surface area contributed by atoms with Gasteiger partial charge >= 0.3 is 11.4 Å². The number of fused-ring (bicyclic) bond motifs is 3. The van der Waals surface area contributed by atoms with E-state index in [2.05, 4.69) is 97.7 Å². The van der Waals surface area contributed by atoms with Crippen molar-refractivity contribution in [3.63, 3.8) is 0 Å². The van der Waals surface area contributed by atoms with Gasteiger partial charge in [-0.3, -0.25) is 28.7 Å². The standard InChI is InChI=1S/C49H62N4O4/c1-5-9-13-17-29-49(30-18-14-10-6-2)43-33-37(21-25-39-35-45(54)50-47(56)52(39)31-19-15-11-7-3)23-27-41(43)42-28-24-38(34-44(42)49)22-26-40-36-46(55)51-48(57)53(40)32-20-16-12-8-4/h23-24,27-28,33-36H,5-20,29-32H2,1-4H3,(H,50,54,56)(H,51,55,57). The molecule has 0 spiro atoms. The van der Waals surface area contributed by atoms with E-state index in [9.17, 15) is 19.2 Å². The zero-order valence-corrected chi connectivity index (χ0v) is 34.8. The third kappa shape index (κ3) is 11.1. The van der Waals surface area contributed by atoms with Crippen LogP contribution in [-0.4, -0.2) is 19.1 Å². The molecule has 302 valence electrons. The molecule has 57 heavy (non-hydrogen) atoms. The molecule has 0 fully saturated rings. The van der Waals surface area contributed by atoms with E-state index in [0.717, 1.165) is 114 Å². The molecule has 0 atom stereocenters. The van der Waals surface area contributed by atoms with Crippen molar-refractivity contribution in [1.82, 2.24) is 19.1 Å². The van der Waals surface area contributed by atoms with Crippen LogP contribution in [0.25, 0.3) is 11.1 Å². The number of hydrogen-bond acceptors (Lipinski definition) is 4. The summed E-state index contributed by atoms with van der Waals surface area (Å²) in [6, 6.07) is 15.8. The minimum absolute atomic E-state index is 0.238. The van der Waals surface area contributed by atoms with Crippen LogP contribution in [-0.2, 0) is 18.5 Å². The SMILES string of the molecule is CCCCCCn1c(C#Cc2ccc3c(c2)C(CCCCCC)(CCCCCC)c2cc(C#Cc4cc(=O)[nH]c(=O)n4CCCCCC)ccc2-3)cc(=O)[nH]c1=O. The summed E-state index contributed by atoms with van der Waals surface area (Å²) in [4.78, 5) is 55.3. The lowest BCUT2D eigenvalue weighted by molar-refractivity contribution is 0.401. The number of rotatable bonds is 20. The summed E-state index contributed by atoms with van der Waals surface area (Å²) in [5.41, 5.74) is 5.59. The topological polar surface area (TPSA) is 110 Å². The van der Waals surface area contributed by atoms with Crippen molar-refractivity contribution in [3.8, 4) is 34.8 Å². The Hall–Kier alpha value is -5.08. The van der Waals surface area contributed by atoms with Crippen LogP contribution in [0, 0.1) is 23.7 Å². The van der Waals surface area contributed by atoms with Crippen molar-refractivity contribution in [2.75, 3.05) is 0 Å². The summed E-state index contributed by atoms with van der Waals surface area (Å²) >= 11 is 0. The van der Waals surface area contributed by atoms with Gasteiger partial charge in [-0.05, 0) is 84.0 Å². The molecule has 1 aliphatic carbocycles. The molecular weight excluding hydrogens is 709 g/mol. The van der Waals surface area contributed by atoms with Crippen molar-refractivity contribution in [1.29, 1.82) is 0 Å². The number of aromatic amines is 2. The van der Waals surface area contributed by atoms with Gasteiger partial charge in [0.1, 0.15) is 11.4 Å². The number of nitrogens with one attached hydrogen (secondary N) is 2. The fourth-order valence-electron chi connectivity index (χ4n) is 8.38. The molecule has 2 aromatic carbocycles. The van der Waals surface area contributed by atoms with Crippen LogP contribution in [0.2, 0.25) is 0 Å². The van der Waals surface area contributed by atoms with E-state index in [1.54, 1.807) is 9.13 Å². The number of benzene rings is 2. The monoisotopic (exact) mass is 770 g/mol. The fourth-order valence-corrected chi connectivity index (χ4v) is 8.38. The number of nitrogens with zero attached hydrogens (tertiary/aromatic N) is 2. The fraction of sp³-hybridized carbons (Fsp3) is 0.510. The van der Waals surface area contributed by atoms with E-state index in [-0.39, 0.29) is 5.41 Å². The average molecular weight is 771 g/mol. The molecule has 8 nitrogen and oxygen atoms in total. The highest BCUT2D eigenvalue weighted by atomic mass is 16.2. The van der Waals surface area contributed by atoms with Crippen LogP contribution in [0.5, 0.6) is 0 Å². The summed E-state index contributed by atoms with van der Waals surface area (Å²) in [7, 11) is 0. The first kappa shape index (κ1) is 43.1. The van der Waals surface area contributed by atoms with E-state index in [4.69, 9.17) is 0 Å². The van der Waals surface area contributed by atoms with E-state index >= 15 is 0 Å². The molecule has 0 radical (unpaired) electrons. The first-order chi connectivity index (χ1) is 27.7. The van der Waals surface area contributed by atoms with Crippen LogP contribution >= 0.6 is 0 Å². The first-order valence-electron chi connectivity index (χ1n) is 21.8. The van der Waals surface area contributed by atoms with Gasteiger partial charge in [0.2, 0.25) is 0 Å². The molecule has 5 rings (SSSR count). The third-order valence-corrected chi connectivity index (χ3v) is 11.5. The van der Waals surface area contributed by atoms with E-state index in [0.29, 0.717) is 24.5 Å². The Morgan fingerprint density at radius 1 is 0.474 bits per heavy atom.